The number of hydrogen-bond acceptors (Lipinski definition) is 4. The van der Waals surface area contributed by atoms with E-state index in [1.165, 1.54) is 13.2 Å². The number of aromatic hydroxyl groups is 1. The molecule has 0 atom stereocenters. The van der Waals surface area contributed by atoms with Gasteiger partial charge in [-0.3, -0.25) is 10.1 Å². The number of nitrogens with one attached hydrogen (secondary N) is 2. The summed E-state index contributed by atoms with van der Waals surface area (Å²) in [4.78, 5) is 11.4. The Labute approximate surface area is 99.8 Å². The monoisotopic (exact) mass is 234 g/mol. The third-order valence-electron chi connectivity index (χ3n) is 1.98. The van der Waals surface area contributed by atoms with Crippen molar-refractivity contribution in [1.29, 1.82) is 0 Å². The van der Waals surface area contributed by atoms with Gasteiger partial charge in [0, 0.05) is 11.8 Å². The highest BCUT2D eigenvalue weighted by atomic mass is 16.5. The molecule has 1 amide bonds. The minimum atomic E-state index is -0.232. The summed E-state index contributed by atoms with van der Waals surface area (Å²) in [5, 5.41) is 14.9. The number of rotatable bonds is 5. The van der Waals surface area contributed by atoms with E-state index >= 15 is 0 Å². The lowest BCUT2D eigenvalue weighted by atomic mass is 10.2. The molecule has 1 aromatic carbocycles. The Morgan fingerprint density at radius 1 is 1.59 bits per heavy atom. The van der Waals surface area contributed by atoms with Crippen molar-refractivity contribution < 1.29 is 14.6 Å². The molecule has 0 aliphatic heterocycles. The van der Waals surface area contributed by atoms with Crippen LogP contribution in [0.4, 0.5) is 5.69 Å². The van der Waals surface area contributed by atoms with Crippen LogP contribution in [0.2, 0.25) is 0 Å². The Balaban J connectivity index is 2.54. The number of phenolic OH excluding ortho intramolecular Hbond substituents is 1. The van der Waals surface area contributed by atoms with Crippen molar-refractivity contribution in [2.24, 2.45) is 0 Å². The number of terminal acetylenes is 1. The van der Waals surface area contributed by atoms with Gasteiger partial charge in [0.2, 0.25) is 5.91 Å². The quantitative estimate of drug-likeness (QED) is 0.514. The van der Waals surface area contributed by atoms with Crippen LogP contribution in [0.15, 0.2) is 18.2 Å². The van der Waals surface area contributed by atoms with Crippen molar-refractivity contribution in [2.75, 3.05) is 25.5 Å². The van der Waals surface area contributed by atoms with Crippen LogP contribution >= 0.6 is 0 Å². The van der Waals surface area contributed by atoms with Crippen molar-refractivity contribution in [2.45, 2.75) is 0 Å². The highest BCUT2D eigenvalue weighted by Crippen LogP contribution is 2.28. The Morgan fingerprint density at radius 3 is 2.94 bits per heavy atom. The van der Waals surface area contributed by atoms with Crippen molar-refractivity contribution in [3.63, 3.8) is 0 Å². The first-order chi connectivity index (χ1) is 8.17. The third kappa shape index (κ3) is 4.05. The summed E-state index contributed by atoms with van der Waals surface area (Å²) in [5.74, 6) is 2.46. The van der Waals surface area contributed by atoms with Gasteiger partial charge >= 0.3 is 0 Å². The standard InChI is InChI=1S/C12H14N2O3/c1-3-6-13-8-12(16)14-9-4-5-11(17-2)10(15)7-9/h1,4-5,7,13,15H,6,8H2,2H3,(H,14,16). The maximum atomic E-state index is 11.4. The van der Waals surface area contributed by atoms with Gasteiger partial charge in [0.05, 0.1) is 20.2 Å². The maximum absolute atomic E-state index is 11.4. The van der Waals surface area contributed by atoms with Crippen LogP contribution in [0.1, 0.15) is 0 Å². The number of amides is 1. The third-order valence-corrected chi connectivity index (χ3v) is 1.98. The second kappa shape index (κ2) is 6.40. The average molecular weight is 234 g/mol. The van der Waals surface area contributed by atoms with Gasteiger partial charge < -0.3 is 15.2 Å². The predicted molar refractivity (Wildman–Crippen MR) is 65.0 cm³/mol. The molecule has 0 fully saturated rings. The van der Waals surface area contributed by atoms with Gasteiger partial charge in [-0.25, -0.2) is 0 Å². The molecular weight excluding hydrogens is 220 g/mol. The zero-order valence-corrected chi connectivity index (χ0v) is 9.49. The smallest absolute Gasteiger partial charge is 0.238 e. The van der Waals surface area contributed by atoms with Gasteiger partial charge in [-0.05, 0) is 12.1 Å². The van der Waals surface area contributed by atoms with E-state index in [2.05, 4.69) is 16.6 Å². The van der Waals surface area contributed by atoms with Gasteiger partial charge in [0.25, 0.3) is 0 Å². The molecule has 5 nitrogen and oxygen atoms in total. The largest absolute Gasteiger partial charge is 0.504 e. The van der Waals surface area contributed by atoms with Gasteiger partial charge in [0.15, 0.2) is 11.5 Å². The first-order valence-electron chi connectivity index (χ1n) is 4.98. The Kier molecular flexibility index (Phi) is 4.85. The Bertz CT molecular complexity index is 438. The van der Waals surface area contributed by atoms with Crippen LogP contribution in [0.3, 0.4) is 0 Å². The second-order valence-corrected chi connectivity index (χ2v) is 3.24. The van der Waals surface area contributed by atoms with E-state index in [0.29, 0.717) is 18.0 Å². The summed E-state index contributed by atoms with van der Waals surface area (Å²) in [6.45, 7) is 0.457. The molecule has 0 radical (unpaired) electrons. The fourth-order valence-corrected chi connectivity index (χ4v) is 1.22. The fourth-order valence-electron chi connectivity index (χ4n) is 1.22. The number of ether oxygens (including phenoxy) is 1. The number of carbonyl (C=O) groups is 1. The van der Waals surface area contributed by atoms with Crippen LogP contribution in [-0.4, -0.2) is 31.2 Å². The van der Waals surface area contributed by atoms with Crippen molar-refractivity contribution >= 4 is 11.6 Å². The zero-order chi connectivity index (χ0) is 12.7. The van der Waals surface area contributed by atoms with Gasteiger partial charge in [-0.2, -0.15) is 0 Å². The average Bonchev–Trinajstić information content (AvgIpc) is 2.29. The summed E-state index contributed by atoms with van der Waals surface area (Å²) in [6, 6.07) is 4.62. The van der Waals surface area contributed by atoms with Crippen molar-refractivity contribution in [3.8, 4) is 23.8 Å². The summed E-state index contributed by atoms with van der Waals surface area (Å²) < 4.78 is 4.89. The Hall–Kier alpha value is -2.19. The summed E-state index contributed by atoms with van der Waals surface area (Å²) in [5.41, 5.74) is 0.496. The van der Waals surface area contributed by atoms with Crippen molar-refractivity contribution in [3.05, 3.63) is 18.2 Å². The minimum Gasteiger partial charge on any atom is -0.504 e. The normalized spacial score (nSPS) is 9.41. The van der Waals surface area contributed by atoms with Gasteiger partial charge in [-0.1, -0.05) is 5.92 Å². The maximum Gasteiger partial charge on any atom is 0.238 e. The molecule has 0 heterocycles. The molecule has 0 bridgehead atoms. The van der Waals surface area contributed by atoms with E-state index in [4.69, 9.17) is 11.2 Å². The van der Waals surface area contributed by atoms with Crippen LogP contribution in [0, 0.1) is 12.3 Å². The van der Waals surface area contributed by atoms with E-state index < -0.39 is 0 Å². The lowest BCUT2D eigenvalue weighted by Gasteiger charge is -2.08. The highest BCUT2D eigenvalue weighted by molar-refractivity contribution is 5.92. The molecule has 0 spiro atoms. The molecule has 0 unspecified atom stereocenters. The molecule has 1 rings (SSSR count). The topological polar surface area (TPSA) is 70.6 Å². The van der Waals surface area contributed by atoms with Crippen LogP contribution in [-0.2, 0) is 4.79 Å². The molecule has 17 heavy (non-hydrogen) atoms. The predicted octanol–water partition coefficient (Wildman–Crippen LogP) is 0.562. The van der Waals surface area contributed by atoms with Crippen LogP contribution in [0.5, 0.6) is 11.5 Å². The first kappa shape index (κ1) is 12.9. The molecule has 0 aliphatic carbocycles. The van der Waals surface area contributed by atoms with E-state index in [-0.39, 0.29) is 18.2 Å². The molecule has 5 heteroatoms. The molecule has 0 aliphatic rings. The molecule has 0 aromatic heterocycles. The second-order valence-electron chi connectivity index (χ2n) is 3.24. The Morgan fingerprint density at radius 2 is 2.35 bits per heavy atom. The molecule has 3 N–H and O–H groups in total. The minimum absolute atomic E-state index is 0.0260. The molecular formula is C12H14N2O3. The van der Waals surface area contributed by atoms with Crippen LogP contribution in [0.25, 0.3) is 0 Å². The summed E-state index contributed by atoms with van der Waals surface area (Å²) in [7, 11) is 1.46. The number of carbonyl (C=O) groups excluding carboxylic acids is 1. The van der Waals surface area contributed by atoms with Gasteiger partial charge in [0.1, 0.15) is 0 Å². The number of benzene rings is 1. The SMILES string of the molecule is C#CCNCC(=O)Nc1ccc(OC)c(O)c1. The fraction of sp³-hybridized carbons (Fsp3) is 0.250. The molecule has 0 saturated carbocycles. The summed E-state index contributed by atoms with van der Waals surface area (Å²) >= 11 is 0. The lowest BCUT2D eigenvalue weighted by molar-refractivity contribution is -0.115. The highest BCUT2D eigenvalue weighted by Gasteiger charge is 2.05. The van der Waals surface area contributed by atoms with Crippen LogP contribution < -0.4 is 15.4 Å². The summed E-state index contributed by atoms with van der Waals surface area (Å²) in [6.07, 6.45) is 5.03. The lowest BCUT2D eigenvalue weighted by Crippen LogP contribution is -2.28. The van der Waals surface area contributed by atoms with E-state index in [1.54, 1.807) is 12.1 Å². The molecule has 0 saturated heterocycles. The molecule has 1 aromatic rings. The first-order valence-corrected chi connectivity index (χ1v) is 4.98. The van der Waals surface area contributed by atoms with E-state index in [1.807, 2.05) is 0 Å². The van der Waals surface area contributed by atoms with Crippen molar-refractivity contribution in [1.82, 2.24) is 5.32 Å². The molecule has 90 valence electrons. The number of anilines is 1. The van der Waals surface area contributed by atoms with Gasteiger partial charge in [-0.15, -0.1) is 6.42 Å². The van der Waals surface area contributed by atoms with E-state index in [0.717, 1.165) is 0 Å². The number of hydrogen-bond donors (Lipinski definition) is 3. The number of phenols is 1. The van der Waals surface area contributed by atoms with E-state index in [9.17, 15) is 9.90 Å². The zero-order valence-electron chi connectivity index (χ0n) is 9.49. The number of methoxy groups -OCH3 is 1.